The van der Waals surface area contributed by atoms with Crippen molar-refractivity contribution < 1.29 is 32.6 Å². The van der Waals surface area contributed by atoms with Gasteiger partial charge in [0.15, 0.2) is 11.5 Å². The maximum atomic E-state index is 13.4. The molecule has 6 rings (SSSR count). The van der Waals surface area contributed by atoms with Crippen LogP contribution in [0.4, 0.5) is 19.0 Å². The van der Waals surface area contributed by atoms with Crippen molar-refractivity contribution in [2.45, 2.75) is 57.6 Å². The van der Waals surface area contributed by atoms with Gasteiger partial charge in [-0.25, -0.2) is 9.50 Å². The van der Waals surface area contributed by atoms with Crippen LogP contribution in [0, 0.1) is 11.8 Å². The Hall–Kier alpha value is -3.87. The quantitative estimate of drug-likeness (QED) is 0.397. The zero-order valence-electron chi connectivity index (χ0n) is 21.0. The number of fused-ring (bicyclic) bond motifs is 2. The van der Waals surface area contributed by atoms with Crippen molar-refractivity contribution in [1.82, 2.24) is 24.8 Å². The van der Waals surface area contributed by atoms with Crippen molar-refractivity contribution in [3.63, 3.8) is 0 Å². The lowest BCUT2D eigenvalue weighted by molar-refractivity contribution is -0.274. The van der Waals surface area contributed by atoms with Crippen molar-refractivity contribution in [3.05, 3.63) is 41.1 Å². The van der Waals surface area contributed by atoms with Crippen molar-refractivity contribution in [1.29, 1.82) is 0 Å². The Bertz CT molecular complexity index is 1480. The van der Waals surface area contributed by atoms with Crippen LogP contribution in [0.2, 0.25) is 0 Å². The smallest absolute Gasteiger partial charge is 0.405 e. The molecule has 0 bridgehead atoms. The molecule has 13 heteroatoms. The number of nitrogen functional groups attached to an aromatic ring is 1. The number of hydrogen-bond donors (Lipinski definition) is 3. The summed E-state index contributed by atoms with van der Waals surface area (Å²) in [6, 6.07) is 3.77. The molecule has 3 aliphatic rings. The highest BCUT2D eigenvalue weighted by Gasteiger charge is 2.42. The first-order valence-corrected chi connectivity index (χ1v) is 12.8. The number of ether oxygens (including phenoxy) is 1. The molecular weight excluding hydrogens is 517 g/mol. The van der Waals surface area contributed by atoms with E-state index < -0.39 is 30.0 Å². The number of carbonyl (C=O) groups excluding carboxylic acids is 2. The fourth-order valence-electron chi connectivity index (χ4n) is 5.33. The fourth-order valence-corrected chi connectivity index (χ4v) is 5.33. The monoisotopic (exact) mass is 544 g/mol. The molecule has 2 amide bonds. The van der Waals surface area contributed by atoms with Gasteiger partial charge in [-0.15, -0.1) is 18.3 Å². The number of aromatic nitrogens is 3. The van der Waals surface area contributed by atoms with E-state index in [9.17, 15) is 27.9 Å². The molecule has 2 saturated carbocycles. The molecule has 2 atom stereocenters. The third kappa shape index (κ3) is 4.75. The Morgan fingerprint density at radius 2 is 1.97 bits per heavy atom. The Balaban J connectivity index is 1.39. The number of alkyl halides is 3. The molecule has 1 aliphatic heterocycles. The topological polar surface area (TPSA) is 135 Å². The van der Waals surface area contributed by atoms with Gasteiger partial charge in [0.05, 0.1) is 23.9 Å². The number of nitrogens with zero attached hydrogens (tertiary/aromatic N) is 4. The molecule has 3 aromatic rings. The Labute approximate surface area is 220 Å². The highest BCUT2D eigenvalue weighted by Crippen LogP contribution is 2.42. The molecule has 3 heterocycles. The second kappa shape index (κ2) is 9.11. The van der Waals surface area contributed by atoms with E-state index in [1.54, 1.807) is 11.0 Å². The van der Waals surface area contributed by atoms with Crippen LogP contribution in [-0.2, 0) is 6.54 Å². The maximum absolute atomic E-state index is 13.4. The average Bonchev–Trinajstić information content (AvgIpc) is 3.80. The first-order chi connectivity index (χ1) is 18.5. The van der Waals surface area contributed by atoms with Crippen LogP contribution < -0.4 is 15.8 Å². The van der Waals surface area contributed by atoms with Gasteiger partial charge in [-0.05, 0) is 68.2 Å². The summed E-state index contributed by atoms with van der Waals surface area (Å²) in [5.74, 6) is -1.18. The largest absolute Gasteiger partial charge is 0.573 e. The molecule has 39 heavy (non-hydrogen) atoms. The number of nitrogens with two attached hydrogens (primary N) is 1. The van der Waals surface area contributed by atoms with Gasteiger partial charge in [0.25, 0.3) is 11.8 Å². The summed E-state index contributed by atoms with van der Waals surface area (Å²) in [7, 11) is 0. The van der Waals surface area contributed by atoms with Gasteiger partial charge in [0.1, 0.15) is 11.3 Å². The van der Waals surface area contributed by atoms with Crippen molar-refractivity contribution in [2.24, 2.45) is 11.8 Å². The van der Waals surface area contributed by atoms with E-state index in [0.717, 1.165) is 31.7 Å². The maximum Gasteiger partial charge on any atom is 0.573 e. The number of aliphatic hydroxyl groups excluding tert-OH is 1. The van der Waals surface area contributed by atoms with Crippen molar-refractivity contribution in [3.8, 4) is 17.0 Å². The third-order valence-corrected chi connectivity index (χ3v) is 7.76. The molecule has 4 N–H and O–H groups in total. The lowest BCUT2D eigenvalue weighted by atomic mass is 10.0. The molecule has 2 aromatic heterocycles. The van der Waals surface area contributed by atoms with Crippen LogP contribution in [0.15, 0.2) is 24.4 Å². The second-order valence-corrected chi connectivity index (χ2v) is 10.5. The number of carbonyl (C=O) groups is 2. The molecule has 0 radical (unpaired) electrons. The highest BCUT2D eigenvalue weighted by atomic mass is 19.4. The van der Waals surface area contributed by atoms with Gasteiger partial charge < -0.3 is 25.8 Å². The van der Waals surface area contributed by atoms with E-state index in [2.05, 4.69) is 20.1 Å². The minimum atomic E-state index is -5.00. The number of benzene rings is 1. The van der Waals surface area contributed by atoms with E-state index in [1.165, 1.54) is 16.8 Å². The van der Waals surface area contributed by atoms with Gasteiger partial charge in [-0.2, -0.15) is 0 Å². The predicted octanol–water partition coefficient (Wildman–Crippen LogP) is 3.13. The zero-order valence-corrected chi connectivity index (χ0v) is 21.0. The summed E-state index contributed by atoms with van der Waals surface area (Å²) < 4.78 is 45.7. The highest BCUT2D eigenvalue weighted by molar-refractivity contribution is 6.05. The number of anilines is 1. The van der Waals surface area contributed by atoms with E-state index in [0.29, 0.717) is 11.5 Å². The standard InChI is InChI=1S/C26H27F3N6O4/c1-12(13-2-3-13)34-10-16-8-15(9-19(20(16)25(34)38)39-26(27,28)29)17-6-7-35-23(31-17)21(22(30)33-35)24(37)32-18(11-36)14-4-5-14/h6-9,12-14,18,36H,2-5,10-11H2,1H3,(H2,30,33)(H,32,37)/t12?,18-/m0/s1. The summed E-state index contributed by atoms with van der Waals surface area (Å²) in [5.41, 5.74) is 6.96. The first kappa shape index (κ1) is 25.4. The Morgan fingerprint density at radius 1 is 1.26 bits per heavy atom. The van der Waals surface area contributed by atoms with Crippen molar-refractivity contribution >= 4 is 23.3 Å². The normalized spacial score (nSPS) is 18.8. The van der Waals surface area contributed by atoms with E-state index in [1.807, 2.05) is 6.92 Å². The Kier molecular flexibility index (Phi) is 5.93. The summed E-state index contributed by atoms with van der Waals surface area (Å²) in [4.78, 5) is 32.3. The van der Waals surface area contributed by atoms with Gasteiger partial charge in [-0.3, -0.25) is 9.59 Å². The van der Waals surface area contributed by atoms with Crippen LogP contribution in [0.25, 0.3) is 16.9 Å². The van der Waals surface area contributed by atoms with Gasteiger partial charge >= 0.3 is 6.36 Å². The third-order valence-electron chi connectivity index (χ3n) is 7.76. The molecule has 0 spiro atoms. The van der Waals surface area contributed by atoms with Crippen LogP contribution in [0.5, 0.6) is 5.75 Å². The molecule has 206 valence electrons. The molecule has 1 unspecified atom stereocenters. The molecule has 2 fully saturated rings. The van der Waals surface area contributed by atoms with Gasteiger partial charge in [0, 0.05) is 24.3 Å². The number of nitrogens with one attached hydrogen (secondary N) is 1. The molecule has 2 aliphatic carbocycles. The zero-order chi connectivity index (χ0) is 27.6. The van der Waals surface area contributed by atoms with E-state index >= 15 is 0 Å². The van der Waals surface area contributed by atoms with Crippen LogP contribution >= 0.6 is 0 Å². The number of rotatable bonds is 8. The van der Waals surface area contributed by atoms with Crippen LogP contribution in [0.3, 0.4) is 0 Å². The molecule has 1 aromatic carbocycles. The van der Waals surface area contributed by atoms with Crippen LogP contribution in [0.1, 0.15) is 58.9 Å². The summed E-state index contributed by atoms with van der Waals surface area (Å²) >= 11 is 0. The summed E-state index contributed by atoms with van der Waals surface area (Å²) in [6.45, 7) is 1.84. The average molecular weight is 545 g/mol. The number of halogens is 3. The minimum Gasteiger partial charge on any atom is -0.405 e. The SMILES string of the molecule is CC(C1CC1)N1Cc2cc(-c3ccn4nc(N)c(C(=O)N[C@@H](CO)C5CC5)c4n3)cc(OC(F)(F)F)c2C1=O. The number of aliphatic hydroxyl groups is 1. The molecule has 0 saturated heterocycles. The van der Waals surface area contributed by atoms with Crippen LogP contribution in [-0.4, -0.2) is 61.5 Å². The first-order valence-electron chi connectivity index (χ1n) is 12.8. The fraction of sp³-hybridized carbons (Fsp3) is 0.462. The lowest BCUT2D eigenvalue weighted by Gasteiger charge is -2.24. The van der Waals surface area contributed by atoms with E-state index in [4.69, 9.17) is 5.73 Å². The van der Waals surface area contributed by atoms with Gasteiger partial charge in [-0.1, -0.05) is 0 Å². The van der Waals surface area contributed by atoms with Crippen molar-refractivity contribution in [2.75, 3.05) is 12.3 Å². The lowest BCUT2D eigenvalue weighted by Crippen LogP contribution is -2.39. The summed E-state index contributed by atoms with van der Waals surface area (Å²) in [6.07, 6.45) is 0.254. The van der Waals surface area contributed by atoms with E-state index in [-0.39, 0.29) is 59.0 Å². The number of hydrogen-bond acceptors (Lipinski definition) is 7. The second-order valence-electron chi connectivity index (χ2n) is 10.5. The predicted molar refractivity (Wildman–Crippen MR) is 133 cm³/mol. The summed E-state index contributed by atoms with van der Waals surface area (Å²) in [5, 5.41) is 16.6. The van der Waals surface area contributed by atoms with Gasteiger partial charge in [0.2, 0.25) is 0 Å². The number of amides is 2. The minimum absolute atomic E-state index is 0.00323. The Morgan fingerprint density at radius 3 is 2.62 bits per heavy atom. The molecule has 10 nitrogen and oxygen atoms in total. The molecular formula is C26H27F3N6O4.